The minimum Gasteiger partial charge on any atom is -0.377 e. The van der Waals surface area contributed by atoms with Gasteiger partial charge in [-0.2, -0.15) is 0 Å². The number of anilines is 1. The predicted octanol–water partition coefficient (Wildman–Crippen LogP) is 3.21. The third-order valence-corrected chi connectivity index (χ3v) is 3.45. The number of halogens is 2. The van der Waals surface area contributed by atoms with Gasteiger partial charge in [-0.05, 0) is 32.0 Å². The molecule has 106 valence electrons. The number of Topliss-reactive ketones (excluding diaryl/α,β-unsaturated/α-hetero) is 1. The van der Waals surface area contributed by atoms with Crippen LogP contribution in [-0.4, -0.2) is 16.9 Å². The molecule has 5 heteroatoms. The molecule has 2 rings (SSSR count). The molecule has 1 aromatic carbocycles. The summed E-state index contributed by atoms with van der Waals surface area (Å²) in [5, 5.41) is 2.80. The van der Waals surface area contributed by atoms with E-state index in [1.807, 2.05) is 31.5 Å². The molecule has 0 radical (unpaired) electrons. The van der Waals surface area contributed by atoms with Crippen LogP contribution in [0.5, 0.6) is 0 Å². The number of rotatable bonds is 4. The van der Waals surface area contributed by atoms with E-state index in [9.17, 15) is 13.6 Å². The molecule has 1 aromatic heterocycles. The maximum atomic E-state index is 13.0. The van der Waals surface area contributed by atoms with Crippen molar-refractivity contribution in [2.75, 3.05) is 11.9 Å². The van der Waals surface area contributed by atoms with Gasteiger partial charge in [0.15, 0.2) is 17.4 Å². The SMILES string of the molecule is Cc1cc(C(=O)CNc2ccc(F)c(F)c2)c(C)n1C. The topological polar surface area (TPSA) is 34.0 Å². The van der Waals surface area contributed by atoms with E-state index in [1.54, 1.807) is 0 Å². The highest BCUT2D eigenvalue weighted by atomic mass is 19.2. The van der Waals surface area contributed by atoms with Gasteiger partial charge >= 0.3 is 0 Å². The maximum Gasteiger partial charge on any atom is 0.183 e. The smallest absolute Gasteiger partial charge is 0.183 e. The first kappa shape index (κ1) is 14.2. The zero-order valence-corrected chi connectivity index (χ0v) is 11.6. The van der Waals surface area contributed by atoms with Crippen LogP contribution in [0.2, 0.25) is 0 Å². The number of hydrogen-bond donors (Lipinski definition) is 1. The van der Waals surface area contributed by atoms with Gasteiger partial charge in [-0.3, -0.25) is 4.79 Å². The van der Waals surface area contributed by atoms with E-state index in [2.05, 4.69) is 5.32 Å². The zero-order valence-electron chi connectivity index (χ0n) is 11.6. The summed E-state index contributed by atoms with van der Waals surface area (Å²) in [7, 11) is 1.89. The van der Waals surface area contributed by atoms with Gasteiger partial charge in [0.2, 0.25) is 0 Å². The molecule has 20 heavy (non-hydrogen) atoms. The fourth-order valence-electron chi connectivity index (χ4n) is 2.02. The van der Waals surface area contributed by atoms with E-state index in [1.165, 1.54) is 6.07 Å². The Hall–Kier alpha value is -2.17. The van der Waals surface area contributed by atoms with Crippen molar-refractivity contribution in [2.24, 2.45) is 7.05 Å². The molecule has 0 fully saturated rings. The largest absolute Gasteiger partial charge is 0.377 e. The van der Waals surface area contributed by atoms with Crippen LogP contribution in [0.1, 0.15) is 21.7 Å². The van der Waals surface area contributed by atoms with Gasteiger partial charge in [0.1, 0.15) is 0 Å². The van der Waals surface area contributed by atoms with Gasteiger partial charge in [0.25, 0.3) is 0 Å². The van der Waals surface area contributed by atoms with E-state index in [0.29, 0.717) is 11.3 Å². The molecule has 0 aliphatic carbocycles. The van der Waals surface area contributed by atoms with E-state index < -0.39 is 11.6 Å². The fraction of sp³-hybridized carbons (Fsp3) is 0.267. The highest BCUT2D eigenvalue weighted by Gasteiger charge is 2.13. The van der Waals surface area contributed by atoms with Gasteiger partial charge in [0.05, 0.1) is 6.54 Å². The second-order valence-electron chi connectivity index (χ2n) is 4.75. The number of hydrogen-bond acceptors (Lipinski definition) is 2. The summed E-state index contributed by atoms with van der Waals surface area (Å²) in [5.41, 5.74) is 2.90. The molecule has 0 atom stereocenters. The van der Waals surface area contributed by atoms with Gasteiger partial charge in [-0.15, -0.1) is 0 Å². The molecule has 0 bridgehead atoms. The van der Waals surface area contributed by atoms with Crippen molar-refractivity contribution >= 4 is 11.5 Å². The quantitative estimate of drug-likeness (QED) is 0.871. The van der Waals surface area contributed by atoms with Crippen LogP contribution in [0.4, 0.5) is 14.5 Å². The Morgan fingerprint density at radius 2 is 1.90 bits per heavy atom. The van der Waals surface area contributed by atoms with Crippen molar-refractivity contribution in [3.05, 3.63) is 52.9 Å². The number of ketones is 1. The van der Waals surface area contributed by atoms with Crippen molar-refractivity contribution in [3.8, 4) is 0 Å². The molecule has 0 amide bonds. The molecular formula is C15H16F2N2O. The van der Waals surface area contributed by atoms with Gasteiger partial charge < -0.3 is 9.88 Å². The molecule has 0 unspecified atom stereocenters. The Morgan fingerprint density at radius 1 is 1.20 bits per heavy atom. The van der Waals surface area contributed by atoms with Gasteiger partial charge in [0, 0.05) is 35.8 Å². The molecule has 0 saturated heterocycles. The highest BCUT2D eigenvalue weighted by Crippen LogP contribution is 2.16. The van der Waals surface area contributed by atoms with Crippen molar-refractivity contribution in [1.82, 2.24) is 4.57 Å². The lowest BCUT2D eigenvalue weighted by Gasteiger charge is -2.06. The average molecular weight is 278 g/mol. The van der Waals surface area contributed by atoms with Crippen LogP contribution < -0.4 is 5.32 Å². The summed E-state index contributed by atoms with van der Waals surface area (Å²) in [4.78, 5) is 12.1. The van der Waals surface area contributed by atoms with E-state index in [-0.39, 0.29) is 12.3 Å². The molecule has 0 saturated carbocycles. The Kier molecular flexibility index (Phi) is 3.88. The van der Waals surface area contributed by atoms with Crippen molar-refractivity contribution in [3.63, 3.8) is 0 Å². The summed E-state index contributed by atoms with van der Waals surface area (Å²) in [6.45, 7) is 3.83. The minimum absolute atomic E-state index is 0.0371. The van der Waals surface area contributed by atoms with Gasteiger partial charge in [-0.1, -0.05) is 0 Å². The molecule has 3 nitrogen and oxygen atoms in total. The number of benzene rings is 1. The van der Waals surface area contributed by atoms with Crippen LogP contribution in [-0.2, 0) is 7.05 Å². The standard InChI is InChI=1S/C15H16F2N2O/c1-9-6-12(10(2)19(9)3)15(20)8-18-11-4-5-13(16)14(17)7-11/h4-7,18H,8H2,1-3H3. The van der Waals surface area contributed by atoms with E-state index >= 15 is 0 Å². The maximum absolute atomic E-state index is 13.0. The summed E-state index contributed by atoms with van der Waals surface area (Å²) in [6, 6.07) is 5.28. The number of nitrogens with zero attached hydrogens (tertiary/aromatic N) is 1. The second-order valence-corrected chi connectivity index (χ2v) is 4.75. The van der Waals surface area contributed by atoms with Crippen LogP contribution in [0, 0.1) is 25.5 Å². The summed E-state index contributed by atoms with van der Waals surface area (Å²) >= 11 is 0. The third-order valence-electron chi connectivity index (χ3n) is 3.45. The van der Waals surface area contributed by atoms with Crippen LogP contribution in [0.15, 0.2) is 24.3 Å². The number of aryl methyl sites for hydroxylation is 1. The first-order chi connectivity index (χ1) is 9.40. The predicted molar refractivity (Wildman–Crippen MR) is 74.1 cm³/mol. The summed E-state index contributed by atoms with van der Waals surface area (Å²) < 4.78 is 27.8. The van der Waals surface area contributed by atoms with E-state index in [0.717, 1.165) is 23.5 Å². The lowest BCUT2D eigenvalue weighted by molar-refractivity contribution is 0.101. The van der Waals surface area contributed by atoms with E-state index in [4.69, 9.17) is 0 Å². The number of nitrogens with one attached hydrogen (secondary N) is 1. The average Bonchev–Trinajstić information content (AvgIpc) is 2.67. The van der Waals surface area contributed by atoms with Crippen LogP contribution >= 0.6 is 0 Å². The molecule has 0 aliphatic rings. The lowest BCUT2D eigenvalue weighted by Crippen LogP contribution is -2.15. The Balaban J connectivity index is 2.08. The second kappa shape index (κ2) is 5.45. The monoisotopic (exact) mass is 278 g/mol. The van der Waals surface area contributed by atoms with Crippen molar-refractivity contribution < 1.29 is 13.6 Å². The molecule has 0 spiro atoms. The minimum atomic E-state index is -0.936. The molecule has 1 N–H and O–H groups in total. The first-order valence-electron chi connectivity index (χ1n) is 6.25. The van der Waals surface area contributed by atoms with Crippen LogP contribution in [0.3, 0.4) is 0 Å². The first-order valence-corrected chi connectivity index (χ1v) is 6.25. The number of carbonyl (C=O) groups excluding carboxylic acids is 1. The van der Waals surface area contributed by atoms with Crippen molar-refractivity contribution in [2.45, 2.75) is 13.8 Å². The molecule has 1 heterocycles. The zero-order chi connectivity index (χ0) is 14.9. The third kappa shape index (κ3) is 2.71. The van der Waals surface area contributed by atoms with Gasteiger partial charge in [-0.25, -0.2) is 8.78 Å². The normalized spacial score (nSPS) is 10.7. The number of carbonyl (C=O) groups is 1. The Labute approximate surface area is 116 Å². The van der Waals surface area contributed by atoms with Crippen molar-refractivity contribution in [1.29, 1.82) is 0 Å². The highest BCUT2D eigenvalue weighted by molar-refractivity contribution is 6.00. The molecular weight excluding hydrogens is 262 g/mol. The molecule has 2 aromatic rings. The number of aromatic nitrogens is 1. The molecule has 0 aliphatic heterocycles. The Morgan fingerprint density at radius 3 is 2.45 bits per heavy atom. The Bertz CT molecular complexity index is 662. The van der Waals surface area contributed by atoms with Crippen LogP contribution in [0.25, 0.3) is 0 Å². The summed E-state index contributed by atoms with van der Waals surface area (Å²) in [6.07, 6.45) is 0. The fourth-order valence-corrected chi connectivity index (χ4v) is 2.02. The lowest BCUT2D eigenvalue weighted by atomic mass is 10.1. The summed E-state index contributed by atoms with van der Waals surface area (Å²) in [5.74, 6) is -1.93.